The van der Waals surface area contributed by atoms with Crippen molar-refractivity contribution in [2.75, 3.05) is 13.2 Å². The molecule has 1 amide bonds. The lowest BCUT2D eigenvalue weighted by atomic mass is 9.95. The van der Waals surface area contributed by atoms with Crippen LogP contribution in [-0.4, -0.2) is 29.1 Å². The third-order valence-electron chi connectivity index (χ3n) is 5.52. The van der Waals surface area contributed by atoms with Gasteiger partial charge in [-0.15, -0.1) is 0 Å². The number of rotatable bonds is 4. The van der Waals surface area contributed by atoms with Gasteiger partial charge in [0.1, 0.15) is 12.2 Å². The van der Waals surface area contributed by atoms with Crippen LogP contribution in [0.15, 0.2) is 48.7 Å². The van der Waals surface area contributed by atoms with Crippen molar-refractivity contribution in [3.63, 3.8) is 0 Å². The van der Waals surface area contributed by atoms with E-state index in [0.717, 1.165) is 27.8 Å². The van der Waals surface area contributed by atoms with E-state index in [1.807, 2.05) is 37.3 Å². The van der Waals surface area contributed by atoms with Gasteiger partial charge in [0, 0.05) is 11.8 Å². The summed E-state index contributed by atoms with van der Waals surface area (Å²) in [7, 11) is 0. The van der Waals surface area contributed by atoms with Gasteiger partial charge in [0.25, 0.3) is 5.91 Å². The lowest BCUT2D eigenvalue weighted by molar-refractivity contribution is 0.0738. The molecule has 0 saturated carbocycles. The van der Waals surface area contributed by atoms with E-state index >= 15 is 0 Å². The van der Waals surface area contributed by atoms with Crippen LogP contribution in [0.4, 0.5) is 0 Å². The molecular weight excluding hydrogens is 412 g/mol. The number of halogens is 1. The minimum atomic E-state index is -0.961. The van der Waals surface area contributed by atoms with Crippen LogP contribution in [0.1, 0.15) is 46.6 Å². The SMILES string of the molecule is Cc1c(Cc2ccc(-c3ccc(C(C)(C)O)nc3)cc2)cc2c(c1Cl)OCCNC2=O. The van der Waals surface area contributed by atoms with Crippen LogP contribution < -0.4 is 10.1 Å². The molecule has 0 fully saturated rings. The average molecular weight is 437 g/mol. The number of pyridine rings is 1. The molecule has 2 N–H and O–H groups in total. The maximum atomic E-state index is 12.4. The van der Waals surface area contributed by atoms with Gasteiger partial charge in [-0.05, 0) is 61.6 Å². The monoisotopic (exact) mass is 436 g/mol. The standard InChI is InChI=1S/C25H25ClN2O3/c1-15-19(13-20-23(22(15)26)31-11-10-27-24(20)29)12-16-4-6-17(7-5-16)18-8-9-21(28-14-18)25(2,3)30/h4-9,13-14,30H,10-12H2,1-3H3,(H,27,29). The van der Waals surface area contributed by atoms with Gasteiger partial charge in [0.05, 0.1) is 22.8 Å². The number of carbonyl (C=O) groups is 1. The van der Waals surface area contributed by atoms with E-state index in [1.54, 1.807) is 20.0 Å². The van der Waals surface area contributed by atoms with Gasteiger partial charge < -0.3 is 15.2 Å². The molecule has 0 spiro atoms. The first-order valence-electron chi connectivity index (χ1n) is 10.3. The summed E-state index contributed by atoms with van der Waals surface area (Å²) in [6.45, 7) is 6.26. The van der Waals surface area contributed by atoms with E-state index in [9.17, 15) is 9.90 Å². The number of benzene rings is 2. The number of carbonyl (C=O) groups excluding carboxylic acids is 1. The summed E-state index contributed by atoms with van der Waals surface area (Å²) in [5, 5.41) is 13.4. The van der Waals surface area contributed by atoms with Crippen molar-refractivity contribution in [1.82, 2.24) is 10.3 Å². The number of ether oxygens (including phenoxy) is 1. The minimum absolute atomic E-state index is 0.159. The summed E-state index contributed by atoms with van der Waals surface area (Å²) in [5.41, 5.74) is 5.21. The van der Waals surface area contributed by atoms with E-state index in [1.165, 1.54) is 0 Å². The molecule has 1 aliphatic heterocycles. The number of hydrogen-bond acceptors (Lipinski definition) is 4. The van der Waals surface area contributed by atoms with E-state index in [4.69, 9.17) is 16.3 Å². The first-order valence-corrected chi connectivity index (χ1v) is 10.6. The smallest absolute Gasteiger partial charge is 0.255 e. The largest absolute Gasteiger partial charge is 0.489 e. The molecule has 5 nitrogen and oxygen atoms in total. The predicted molar refractivity (Wildman–Crippen MR) is 122 cm³/mol. The van der Waals surface area contributed by atoms with Crippen molar-refractivity contribution in [3.8, 4) is 16.9 Å². The van der Waals surface area contributed by atoms with Gasteiger partial charge in [0.15, 0.2) is 5.75 Å². The lowest BCUT2D eigenvalue weighted by Crippen LogP contribution is -2.24. The number of nitrogens with zero attached hydrogens (tertiary/aromatic N) is 1. The number of aromatic nitrogens is 1. The quantitative estimate of drug-likeness (QED) is 0.624. The first kappa shape index (κ1) is 21.3. The second-order valence-electron chi connectivity index (χ2n) is 8.32. The molecule has 4 rings (SSSR count). The molecule has 0 unspecified atom stereocenters. The molecule has 2 heterocycles. The van der Waals surface area contributed by atoms with E-state index in [0.29, 0.717) is 41.6 Å². The van der Waals surface area contributed by atoms with E-state index in [-0.39, 0.29) is 5.91 Å². The van der Waals surface area contributed by atoms with Gasteiger partial charge in [-0.3, -0.25) is 9.78 Å². The molecule has 0 atom stereocenters. The average Bonchev–Trinajstić information content (AvgIpc) is 2.93. The fourth-order valence-electron chi connectivity index (χ4n) is 3.65. The Hall–Kier alpha value is -2.89. The minimum Gasteiger partial charge on any atom is -0.489 e. The molecule has 1 aromatic heterocycles. The highest BCUT2D eigenvalue weighted by Gasteiger charge is 2.23. The molecule has 31 heavy (non-hydrogen) atoms. The number of aliphatic hydroxyl groups is 1. The molecular formula is C25H25ClN2O3. The fourth-order valence-corrected chi connectivity index (χ4v) is 3.92. The van der Waals surface area contributed by atoms with Crippen LogP contribution in [0.25, 0.3) is 11.1 Å². The summed E-state index contributed by atoms with van der Waals surface area (Å²) >= 11 is 6.54. The highest BCUT2D eigenvalue weighted by atomic mass is 35.5. The Morgan fingerprint density at radius 1 is 1.16 bits per heavy atom. The molecule has 0 aliphatic carbocycles. The van der Waals surface area contributed by atoms with Gasteiger partial charge in [-0.2, -0.15) is 0 Å². The highest BCUT2D eigenvalue weighted by Crippen LogP contribution is 2.36. The zero-order valence-electron chi connectivity index (χ0n) is 17.8. The number of fused-ring (bicyclic) bond motifs is 1. The molecule has 3 aromatic rings. The molecule has 0 saturated heterocycles. The summed E-state index contributed by atoms with van der Waals surface area (Å²) < 4.78 is 5.69. The Morgan fingerprint density at radius 2 is 1.87 bits per heavy atom. The molecule has 160 valence electrons. The first-order chi connectivity index (χ1) is 14.7. The summed E-state index contributed by atoms with van der Waals surface area (Å²) in [6.07, 6.45) is 2.43. The Labute approximate surface area is 187 Å². The van der Waals surface area contributed by atoms with Crippen molar-refractivity contribution < 1.29 is 14.6 Å². The third-order valence-corrected chi connectivity index (χ3v) is 5.98. The number of nitrogens with one attached hydrogen (secondary N) is 1. The van der Waals surface area contributed by atoms with Gasteiger partial charge in [-0.25, -0.2) is 0 Å². The molecule has 6 heteroatoms. The zero-order chi connectivity index (χ0) is 22.2. The number of hydrogen-bond donors (Lipinski definition) is 2. The third kappa shape index (κ3) is 4.43. The maximum Gasteiger partial charge on any atom is 0.255 e. The Bertz CT molecular complexity index is 1120. The Morgan fingerprint density at radius 3 is 2.52 bits per heavy atom. The highest BCUT2D eigenvalue weighted by molar-refractivity contribution is 6.33. The summed E-state index contributed by atoms with van der Waals surface area (Å²) in [5.74, 6) is 0.309. The van der Waals surface area contributed by atoms with Crippen molar-refractivity contribution in [3.05, 3.63) is 81.6 Å². The fraction of sp³-hybridized carbons (Fsp3) is 0.280. The Kier molecular flexibility index (Phi) is 5.73. The molecule has 2 aromatic carbocycles. The van der Waals surface area contributed by atoms with Crippen LogP contribution in [0, 0.1) is 6.92 Å². The van der Waals surface area contributed by atoms with E-state index in [2.05, 4.69) is 22.4 Å². The second-order valence-corrected chi connectivity index (χ2v) is 8.70. The van der Waals surface area contributed by atoms with Gasteiger partial charge >= 0.3 is 0 Å². The van der Waals surface area contributed by atoms with Gasteiger partial charge in [-0.1, -0.05) is 41.9 Å². The topological polar surface area (TPSA) is 71.5 Å². The zero-order valence-corrected chi connectivity index (χ0v) is 18.6. The summed E-state index contributed by atoms with van der Waals surface area (Å²) in [4.78, 5) is 16.8. The van der Waals surface area contributed by atoms with Crippen molar-refractivity contribution in [2.24, 2.45) is 0 Å². The maximum absolute atomic E-state index is 12.4. The van der Waals surface area contributed by atoms with Crippen LogP contribution in [0.3, 0.4) is 0 Å². The van der Waals surface area contributed by atoms with Crippen LogP contribution in [-0.2, 0) is 12.0 Å². The van der Waals surface area contributed by atoms with Crippen molar-refractivity contribution in [2.45, 2.75) is 32.8 Å². The van der Waals surface area contributed by atoms with Crippen LogP contribution in [0.5, 0.6) is 5.75 Å². The predicted octanol–water partition coefficient (Wildman–Crippen LogP) is 4.65. The summed E-state index contributed by atoms with van der Waals surface area (Å²) in [6, 6.07) is 13.9. The second kappa shape index (κ2) is 8.33. The number of amides is 1. The van der Waals surface area contributed by atoms with Crippen molar-refractivity contribution >= 4 is 17.5 Å². The normalized spacial score (nSPS) is 13.8. The van der Waals surface area contributed by atoms with E-state index < -0.39 is 5.60 Å². The molecule has 0 bridgehead atoms. The Balaban J connectivity index is 1.58. The molecule has 0 radical (unpaired) electrons. The van der Waals surface area contributed by atoms with Crippen LogP contribution >= 0.6 is 11.6 Å². The molecule has 1 aliphatic rings. The lowest BCUT2D eigenvalue weighted by Gasteiger charge is -2.16. The van der Waals surface area contributed by atoms with Crippen molar-refractivity contribution in [1.29, 1.82) is 0 Å². The van der Waals surface area contributed by atoms with Gasteiger partial charge in [0.2, 0.25) is 0 Å². The van der Waals surface area contributed by atoms with Crippen LogP contribution in [0.2, 0.25) is 5.02 Å².